The standard InChI is InChI=1S/C17H20N2O2/c1-3-21-17-11-15(9-10-16(17)20-2)13-19-18-12-14-7-5-4-6-8-14/h4-11,13,18H,3,12H2,1-2H3. The van der Waals surface area contributed by atoms with Crippen LogP contribution in [0.25, 0.3) is 0 Å². The van der Waals surface area contributed by atoms with Crippen molar-refractivity contribution in [2.75, 3.05) is 13.7 Å². The number of hydrazone groups is 1. The minimum absolute atomic E-state index is 0.600. The molecular weight excluding hydrogens is 264 g/mol. The van der Waals surface area contributed by atoms with Crippen molar-refractivity contribution in [2.45, 2.75) is 13.5 Å². The maximum absolute atomic E-state index is 5.54. The summed E-state index contributed by atoms with van der Waals surface area (Å²) >= 11 is 0. The summed E-state index contributed by atoms with van der Waals surface area (Å²) in [5, 5.41) is 4.22. The summed E-state index contributed by atoms with van der Waals surface area (Å²) in [5.41, 5.74) is 5.18. The number of methoxy groups -OCH3 is 1. The van der Waals surface area contributed by atoms with Crippen LogP contribution in [-0.4, -0.2) is 19.9 Å². The van der Waals surface area contributed by atoms with E-state index < -0.39 is 0 Å². The first-order valence-electron chi connectivity index (χ1n) is 6.94. The van der Waals surface area contributed by atoms with E-state index in [1.54, 1.807) is 13.3 Å². The molecule has 0 spiro atoms. The van der Waals surface area contributed by atoms with E-state index >= 15 is 0 Å². The zero-order valence-corrected chi connectivity index (χ0v) is 12.4. The average molecular weight is 284 g/mol. The number of nitrogens with zero attached hydrogens (tertiary/aromatic N) is 1. The maximum Gasteiger partial charge on any atom is 0.161 e. The van der Waals surface area contributed by atoms with Gasteiger partial charge in [0.2, 0.25) is 0 Å². The van der Waals surface area contributed by atoms with Crippen molar-refractivity contribution in [1.29, 1.82) is 0 Å². The average Bonchev–Trinajstić information content (AvgIpc) is 2.53. The Bertz CT molecular complexity index is 583. The lowest BCUT2D eigenvalue weighted by Gasteiger charge is -2.09. The topological polar surface area (TPSA) is 42.8 Å². The summed E-state index contributed by atoms with van der Waals surface area (Å²) < 4.78 is 10.8. The third-order valence-corrected chi connectivity index (χ3v) is 2.92. The molecule has 2 rings (SSSR count). The molecule has 1 N–H and O–H groups in total. The Morgan fingerprint density at radius 3 is 2.62 bits per heavy atom. The quantitative estimate of drug-likeness (QED) is 0.627. The van der Waals surface area contributed by atoms with Gasteiger partial charge in [-0.25, -0.2) is 0 Å². The van der Waals surface area contributed by atoms with Crippen molar-refractivity contribution in [3.63, 3.8) is 0 Å². The van der Waals surface area contributed by atoms with Crippen LogP contribution in [0.2, 0.25) is 0 Å². The molecule has 4 nitrogen and oxygen atoms in total. The van der Waals surface area contributed by atoms with E-state index in [9.17, 15) is 0 Å². The molecule has 0 aliphatic heterocycles. The van der Waals surface area contributed by atoms with Crippen LogP contribution >= 0.6 is 0 Å². The van der Waals surface area contributed by atoms with Crippen molar-refractivity contribution in [2.24, 2.45) is 5.10 Å². The third-order valence-electron chi connectivity index (χ3n) is 2.92. The first-order valence-corrected chi connectivity index (χ1v) is 6.94. The lowest BCUT2D eigenvalue weighted by atomic mass is 10.2. The minimum atomic E-state index is 0.600. The van der Waals surface area contributed by atoms with Crippen LogP contribution in [0.1, 0.15) is 18.1 Å². The molecule has 0 atom stereocenters. The highest BCUT2D eigenvalue weighted by atomic mass is 16.5. The second-order valence-corrected chi connectivity index (χ2v) is 4.42. The molecule has 0 unspecified atom stereocenters. The van der Waals surface area contributed by atoms with Gasteiger partial charge in [-0.1, -0.05) is 30.3 Å². The van der Waals surface area contributed by atoms with E-state index in [1.165, 1.54) is 5.56 Å². The number of benzene rings is 2. The number of hydrogen-bond donors (Lipinski definition) is 1. The van der Waals surface area contributed by atoms with Crippen LogP contribution in [0.3, 0.4) is 0 Å². The molecule has 0 amide bonds. The van der Waals surface area contributed by atoms with E-state index in [4.69, 9.17) is 9.47 Å². The molecule has 0 aromatic heterocycles. The Morgan fingerprint density at radius 1 is 1.10 bits per heavy atom. The van der Waals surface area contributed by atoms with Crippen molar-refractivity contribution in [3.8, 4) is 11.5 Å². The molecule has 4 heteroatoms. The van der Waals surface area contributed by atoms with Crippen LogP contribution in [-0.2, 0) is 6.54 Å². The van der Waals surface area contributed by atoms with Crippen LogP contribution in [0, 0.1) is 0 Å². The van der Waals surface area contributed by atoms with Crippen molar-refractivity contribution in [3.05, 3.63) is 59.7 Å². The maximum atomic E-state index is 5.54. The Labute approximate surface area is 125 Å². The van der Waals surface area contributed by atoms with Gasteiger partial charge < -0.3 is 14.9 Å². The highest BCUT2D eigenvalue weighted by Gasteiger charge is 2.03. The Kier molecular flexibility index (Phi) is 5.64. The fourth-order valence-electron chi connectivity index (χ4n) is 1.89. The fraction of sp³-hybridized carbons (Fsp3) is 0.235. The van der Waals surface area contributed by atoms with Gasteiger partial charge in [0.1, 0.15) is 0 Å². The summed E-state index contributed by atoms with van der Waals surface area (Å²) in [5.74, 6) is 1.46. The van der Waals surface area contributed by atoms with Crippen molar-refractivity contribution >= 4 is 6.21 Å². The van der Waals surface area contributed by atoms with Crippen molar-refractivity contribution in [1.82, 2.24) is 5.43 Å². The van der Waals surface area contributed by atoms with Crippen LogP contribution in [0.15, 0.2) is 53.6 Å². The molecule has 0 heterocycles. The molecule has 2 aromatic rings. The van der Waals surface area contributed by atoms with Gasteiger partial charge in [-0.3, -0.25) is 0 Å². The van der Waals surface area contributed by atoms with Crippen LogP contribution < -0.4 is 14.9 Å². The smallest absolute Gasteiger partial charge is 0.161 e. The van der Waals surface area contributed by atoms with Crippen molar-refractivity contribution < 1.29 is 9.47 Å². The first kappa shape index (κ1) is 14.9. The van der Waals surface area contributed by atoms with E-state index in [0.29, 0.717) is 13.2 Å². The van der Waals surface area contributed by atoms with Gasteiger partial charge in [0.25, 0.3) is 0 Å². The van der Waals surface area contributed by atoms with Crippen LogP contribution in [0.5, 0.6) is 11.5 Å². The van der Waals surface area contributed by atoms with Gasteiger partial charge in [-0.05, 0) is 36.2 Å². The van der Waals surface area contributed by atoms with Gasteiger partial charge in [-0.15, -0.1) is 0 Å². The Hall–Kier alpha value is -2.49. The zero-order valence-electron chi connectivity index (χ0n) is 12.4. The lowest BCUT2D eigenvalue weighted by Crippen LogP contribution is -2.05. The van der Waals surface area contributed by atoms with Gasteiger partial charge >= 0.3 is 0 Å². The molecule has 0 aliphatic carbocycles. The number of rotatable bonds is 7. The molecule has 110 valence electrons. The van der Waals surface area contributed by atoms with Crippen LogP contribution in [0.4, 0.5) is 0 Å². The highest BCUT2D eigenvalue weighted by molar-refractivity contribution is 5.80. The number of ether oxygens (including phenoxy) is 2. The zero-order chi connectivity index (χ0) is 14.9. The summed E-state index contributed by atoms with van der Waals surface area (Å²) in [6.07, 6.45) is 1.77. The Balaban J connectivity index is 1.95. The second-order valence-electron chi connectivity index (χ2n) is 4.42. The summed E-state index contributed by atoms with van der Waals surface area (Å²) in [6.45, 7) is 3.25. The molecule has 0 saturated carbocycles. The minimum Gasteiger partial charge on any atom is -0.493 e. The van der Waals surface area contributed by atoms with Gasteiger partial charge in [0.05, 0.1) is 26.5 Å². The number of nitrogens with one attached hydrogen (secondary N) is 1. The second kappa shape index (κ2) is 7.94. The summed E-state index contributed by atoms with van der Waals surface area (Å²) in [4.78, 5) is 0. The molecule has 21 heavy (non-hydrogen) atoms. The Morgan fingerprint density at radius 2 is 1.90 bits per heavy atom. The molecule has 0 bridgehead atoms. The van der Waals surface area contributed by atoms with E-state index in [2.05, 4.69) is 22.7 Å². The van der Waals surface area contributed by atoms with Gasteiger partial charge in [0.15, 0.2) is 11.5 Å². The molecule has 0 saturated heterocycles. The van der Waals surface area contributed by atoms with E-state index in [0.717, 1.165) is 17.1 Å². The summed E-state index contributed by atoms with van der Waals surface area (Å²) in [7, 11) is 1.63. The lowest BCUT2D eigenvalue weighted by molar-refractivity contribution is 0.311. The van der Waals surface area contributed by atoms with E-state index in [-0.39, 0.29) is 0 Å². The molecule has 0 aliphatic rings. The van der Waals surface area contributed by atoms with Gasteiger partial charge in [0, 0.05) is 0 Å². The highest BCUT2D eigenvalue weighted by Crippen LogP contribution is 2.27. The van der Waals surface area contributed by atoms with Gasteiger partial charge in [-0.2, -0.15) is 5.10 Å². The monoisotopic (exact) mass is 284 g/mol. The first-order chi connectivity index (χ1) is 10.3. The molecular formula is C17H20N2O2. The normalized spacial score (nSPS) is 10.6. The SMILES string of the molecule is CCOc1cc(C=NNCc2ccccc2)ccc1OC. The molecule has 0 radical (unpaired) electrons. The number of hydrogen-bond acceptors (Lipinski definition) is 4. The molecule has 0 fully saturated rings. The predicted octanol–water partition coefficient (Wildman–Crippen LogP) is 3.22. The molecule has 2 aromatic carbocycles. The van der Waals surface area contributed by atoms with E-state index in [1.807, 2.05) is 43.3 Å². The largest absolute Gasteiger partial charge is 0.493 e. The fourth-order valence-corrected chi connectivity index (χ4v) is 1.89. The third kappa shape index (κ3) is 4.53. The predicted molar refractivity (Wildman–Crippen MR) is 85.0 cm³/mol. The summed E-state index contributed by atoms with van der Waals surface area (Å²) in [6, 6.07) is 15.9.